The lowest BCUT2D eigenvalue weighted by Crippen LogP contribution is -2.34. The van der Waals surface area contributed by atoms with E-state index in [-0.39, 0.29) is 17.2 Å². The van der Waals surface area contributed by atoms with Crippen LogP contribution in [0, 0.1) is 0 Å². The summed E-state index contributed by atoms with van der Waals surface area (Å²) in [5.74, 6) is 0.725. The Bertz CT molecular complexity index is 1340. The van der Waals surface area contributed by atoms with E-state index in [1.807, 2.05) is 67.6 Å². The van der Waals surface area contributed by atoms with E-state index in [0.717, 1.165) is 16.7 Å². The fourth-order valence-electron chi connectivity index (χ4n) is 3.68. The van der Waals surface area contributed by atoms with Crippen molar-refractivity contribution in [3.05, 3.63) is 124 Å². The summed E-state index contributed by atoms with van der Waals surface area (Å²) in [6.45, 7) is 2.64. The number of amides is 1. The van der Waals surface area contributed by atoms with Crippen molar-refractivity contribution in [1.29, 1.82) is 0 Å². The van der Waals surface area contributed by atoms with Crippen LogP contribution in [-0.2, 0) is 13.2 Å². The van der Waals surface area contributed by atoms with Crippen LogP contribution in [0.3, 0.4) is 0 Å². The van der Waals surface area contributed by atoms with Crippen molar-refractivity contribution in [1.82, 2.24) is 14.9 Å². The second kappa shape index (κ2) is 11.2. The highest BCUT2D eigenvalue weighted by Crippen LogP contribution is 2.31. The molecule has 1 N–H and O–H groups in total. The van der Waals surface area contributed by atoms with E-state index in [2.05, 4.69) is 10.3 Å². The molecule has 1 atom stereocenters. The molecule has 2 aromatic carbocycles. The van der Waals surface area contributed by atoms with Gasteiger partial charge in [-0.25, -0.2) is 0 Å². The van der Waals surface area contributed by atoms with Crippen LogP contribution >= 0.6 is 0 Å². The van der Waals surface area contributed by atoms with Crippen LogP contribution in [0.2, 0.25) is 0 Å². The first-order chi connectivity index (χ1) is 17.0. The number of hydrogen-bond acceptors (Lipinski definition) is 5. The highest BCUT2D eigenvalue weighted by atomic mass is 16.5. The molecule has 0 saturated carbocycles. The van der Waals surface area contributed by atoms with Gasteiger partial charge in [-0.2, -0.15) is 0 Å². The Morgan fingerprint density at radius 3 is 2.49 bits per heavy atom. The summed E-state index contributed by atoms with van der Waals surface area (Å²) in [4.78, 5) is 29.9. The molecule has 7 nitrogen and oxygen atoms in total. The molecule has 1 amide bonds. The lowest BCUT2D eigenvalue weighted by molar-refractivity contribution is 0.0937. The van der Waals surface area contributed by atoms with E-state index in [0.29, 0.717) is 24.7 Å². The summed E-state index contributed by atoms with van der Waals surface area (Å²) in [6.07, 6.45) is 5.12. The molecule has 4 rings (SSSR count). The number of aromatic nitrogens is 2. The van der Waals surface area contributed by atoms with Gasteiger partial charge in [0.2, 0.25) is 0 Å². The first-order valence-corrected chi connectivity index (χ1v) is 11.3. The van der Waals surface area contributed by atoms with Crippen molar-refractivity contribution in [2.24, 2.45) is 0 Å². The third-order valence-corrected chi connectivity index (χ3v) is 5.64. The molecule has 0 saturated heterocycles. The standard InChI is InChI=1S/C28H27N3O4/c1-20(23-10-11-25(26(17-23)34-2)35-19-22-12-14-29-15-13-22)30-27(32)24-9-6-16-31(28(24)33)18-21-7-4-3-5-8-21/h3-17,20H,18-19H2,1-2H3,(H,30,32). The number of pyridine rings is 2. The van der Waals surface area contributed by atoms with E-state index in [1.165, 1.54) is 4.57 Å². The third kappa shape index (κ3) is 5.95. The highest BCUT2D eigenvalue weighted by molar-refractivity contribution is 5.94. The molecule has 1 unspecified atom stereocenters. The normalized spacial score (nSPS) is 11.5. The number of benzene rings is 2. The zero-order valence-electron chi connectivity index (χ0n) is 19.7. The zero-order chi connectivity index (χ0) is 24.6. The van der Waals surface area contributed by atoms with Gasteiger partial charge in [-0.05, 0) is 60.0 Å². The number of methoxy groups -OCH3 is 1. The van der Waals surface area contributed by atoms with Gasteiger partial charge in [0.15, 0.2) is 11.5 Å². The van der Waals surface area contributed by atoms with Gasteiger partial charge in [0.25, 0.3) is 11.5 Å². The number of hydrogen-bond donors (Lipinski definition) is 1. The third-order valence-electron chi connectivity index (χ3n) is 5.64. The average Bonchev–Trinajstić information content (AvgIpc) is 2.89. The smallest absolute Gasteiger partial charge is 0.263 e. The largest absolute Gasteiger partial charge is 0.493 e. The van der Waals surface area contributed by atoms with Crippen LogP contribution in [-0.4, -0.2) is 22.6 Å². The topological polar surface area (TPSA) is 82.5 Å². The molecule has 2 heterocycles. The van der Waals surface area contributed by atoms with Crippen LogP contribution < -0.4 is 20.3 Å². The molecule has 0 aliphatic rings. The first-order valence-electron chi connectivity index (χ1n) is 11.3. The van der Waals surface area contributed by atoms with E-state index in [4.69, 9.17) is 9.47 Å². The fraction of sp³-hybridized carbons (Fsp3) is 0.179. The van der Waals surface area contributed by atoms with Crippen molar-refractivity contribution in [3.63, 3.8) is 0 Å². The Balaban J connectivity index is 1.45. The molecule has 0 bridgehead atoms. The summed E-state index contributed by atoms with van der Waals surface area (Å²) in [5.41, 5.74) is 2.57. The molecule has 0 spiro atoms. The molecular weight excluding hydrogens is 442 g/mol. The number of nitrogens with zero attached hydrogens (tertiary/aromatic N) is 2. The Hall–Kier alpha value is -4.39. The Morgan fingerprint density at radius 1 is 0.971 bits per heavy atom. The van der Waals surface area contributed by atoms with Crippen LogP contribution in [0.5, 0.6) is 11.5 Å². The van der Waals surface area contributed by atoms with E-state index < -0.39 is 5.91 Å². The maximum Gasteiger partial charge on any atom is 0.263 e. The Morgan fingerprint density at radius 2 is 1.74 bits per heavy atom. The van der Waals surface area contributed by atoms with Crippen LogP contribution in [0.4, 0.5) is 0 Å². The highest BCUT2D eigenvalue weighted by Gasteiger charge is 2.17. The monoisotopic (exact) mass is 469 g/mol. The second-order valence-corrected chi connectivity index (χ2v) is 8.09. The van der Waals surface area contributed by atoms with Crippen LogP contribution in [0.25, 0.3) is 0 Å². The Kier molecular flexibility index (Phi) is 7.57. The van der Waals surface area contributed by atoms with E-state index in [9.17, 15) is 9.59 Å². The maximum absolute atomic E-state index is 12.9. The van der Waals surface area contributed by atoms with Crippen molar-refractivity contribution < 1.29 is 14.3 Å². The van der Waals surface area contributed by atoms with Crippen LogP contribution in [0.1, 0.15) is 40.0 Å². The van der Waals surface area contributed by atoms with Gasteiger partial charge in [0.1, 0.15) is 12.2 Å². The Labute approximate surface area is 204 Å². The summed E-state index contributed by atoms with van der Waals surface area (Å²) < 4.78 is 12.9. The molecule has 7 heteroatoms. The van der Waals surface area contributed by atoms with Crippen molar-refractivity contribution in [2.75, 3.05) is 7.11 Å². The predicted molar refractivity (Wildman–Crippen MR) is 134 cm³/mol. The predicted octanol–water partition coefficient (Wildman–Crippen LogP) is 4.37. The summed E-state index contributed by atoms with van der Waals surface area (Å²) >= 11 is 0. The summed E-state index contributed by atoms with van der Waals surface area (Å²) in [5, 5.41) is 2.92. The number of rotatable bonds is 9. The summed E-state index contributed by atoms with van der Waals surface area (Å²) in [6, 6.07) is 21.8. The SMILES string of the molecule is COc1cc(C(C)NC(=O)c2cccn(Cc3ccccc3)c2=O)ccc1OCc1ccncc1. The molecule has 4 aromatic rings. The fourth-order valence-corrected chi connectivity index (χ4v) is 3.68. The quantitative estimate of drug-likeness (QED) is 0.394. The molecular formula is C28H27N3O4. The maximum atomic E-state index is 12.9. The van der Waals surface area contributed by atoms with Crippen LogP contribution in [0.15, 0.2) is 96.2 Å². The molecule has 0 radical (unpaired) electrons. The number of carbonyl (C=O) groups excluding carboxylic acids is 1. The minimum absolute atomic E-state index is 0.0968. The van der Waals surface area contributed by atoms with Crippen molar-refractivity contribution >= 4 is 5.91 Å². The second-order valence-electron chi connectivity index (χ2n) is 8.09. The van der Waals surface area contributed by atoms with E-state index >= 15 is 0 Å². The summed E-state index contributed by atoms with van der Waals surface area (Å²) in [7, 11) is 1.57. The number of nitrogens with one attached hydrogen (secondary N) is 1. The molecule has 35 heavy (non-hydrogen) atoms. The van der Waals surface area contributed by atoms with Gasteiger partial charge < -0.3 is 19.4 Å². The van der Waals surface area contributed by atoms with Gasteiger partial charge in [0, 0.05) is 18.6 Å². The van der Waals surface area contributed by atoms with Gasteiger partial charge >= 0.3 is 0 Å². The molecule has 0 fully saturated rings. The molecule has 178 valence electrons. The molecule has 2 aromatic heterocycles. The van der Waals surface area contributed by atoms with Crippen molar-refractivity contribution in [3.8, 4) is 11.5 Å². The number of ether oxygens (including phenoxy) is 2. The minimum atomic E-state index is -0.429. The molecule has 0 aliphatic heterocycles. The van der Waals surface area contributed by atoms with Gasteiger partial charge in [-0.15, -0.1) is 0 Å². The van der Waals surface area contributed by atoms with Crippen molar-refractivity contribution in [2.45, 2.75) is 26.1 Å². The zero-order valence-corrected chi connectivity index (χ0v) is 19.7. The first kappa shape index (κ1) is 23.8. The molecule has 0 aliphatic carbocycles. The minimum Gasteiger partial charge on any atom is -0.493 e. The average molecular weight is 470 g/mol. The van der Waals surface area contributed by atoms with Gasteiger partial charge in [0.05, 0.1) is 19.7 Å². The van der Waals surface area contributed by atoms with Gasteiger partial charge in [-0.3, -0.25) is 14.6 Å². The van der Waals surface area contributed by atoms with E-state index in [1.54, 1.807) is 37.8 Å². The lowest BCUT2D eigenvalue weighted by Gasteiger charge is -2.17. The van der Waals surface area contributed by atoms with Gasteiger partial charge in [-0.1, -0.05) is 36.4 Å². The lowest BCUT2D eigenvalue weighted by atomic mass is 10.1. The number of carbonyl (C=O) groups is 1.